The lowest BCUT2D eigenvalue weighted by Crippen LogP contribution is -2.25. The number of sulfonamides is 1. The van der Waals surface area contributed by atoms with Gasteiger partial charge in [0.1, 0.15) is 29.3 Å². The van der Waals surface area contributed by atoms with Gasteiger partial charge < -0.3 is 24.6 Å². The van der Waals surface area contributed by atoms with Crippen molar-refractivity contribution in [2.45, 2.75) is 256 Å². The van der Waals surface area contributed by atoms with Crippen LogP contribution in [-0.4, -0.2) is 108 Å². The number of hydrogen-bond acceptors (Lipinski definition) is 16. The molecule has 586 valence electrons. The molecule has 2 amide bonds. The van der Waals surface area contributed by atoms with Crippen molar-refractivity contribution < 1.29 is 22.4 Å². The smallest absolute Gasteiger partial charge is 0.261 e. The van der Waals surface area contributed by atoms with E-state index in [2.05, 4.69) is 108 Å². The van der Waals surface area contributed by atoms with Crippen molar-refractivity contribution in [2.75, 3.05) is 57.8 Å². The van der Waals surface area contributed by atoms with Crippen LogP contribution in [0, 0.1) is 19.7 Å². The fourth-order valence-corrected chi connectivity index (χ4v) is 12.9. The predicted octanol–water partition coefficient (Wildman–Crippen LogP) is 21.6. The Hall–Kier alpha value is -9.18. The Balaban J connectivity index is 0.000000233. The van der Waals surface area contributed by atoms with Crippen LogP contribution in [0.3, 0.4) is 0 Å². The maximum Gasteiger partial charge on any atom is 0.261 e. The van der Waals surface area contributed by atoms with Crippen LogP contribution in [0.25, 0.3) is 22.4 Å². The minimum atomic E-state index is -3.47. The van der Waals surface area contributed by atoms with Crippen molar-refractivity contribution in [3.05, 3.63) is 173 Å². The number of pyridine rings is 5. The lowest BCUT2D eigenvalue weighted by molar-refractivity contribution is 0.0986. The van der Waals surface area contributed by atoms with Crippen molar-refractivity contribution in [1.29, 1.82) is 0 Å². The Morgan fingerprint density at radius 3 is 1.32 bits per heavy atom. The summed E-state index contributed by atoms with van der Waals surface area (Å²) < 4.78 is 38.2. The van der Waals surface area contributed by atoms with Crippen LogP contribution >= 0.6 is 0 Å². The number of hydrogen-bond donors (Lipinski definition) is 2. The number of aryl methyl sites for hydroxylation is 4. The van der Waals surface area contributed by atoms with Crippen LogP contribution in [0.4, 0.5) is 45.0 Å². The first-order valence-corrected chi connectivity index (χ1v) is 41.6. The van der Waals surface area contributed by atoms with Crippen molar-refractivity contribution in [3.8, 4) is 11.3 Å². The molecule has 1 aromatic carbocycles. The second kappa shape index (κ2) is 49.0. The Morgan fingerprint density at radius 1 is 0.509 bits per heavy atom. The second-order valence-corrected chi connectivity index (χ2v) is 29.4. The summed E-state index contributed by atoms with van der Waals surface area (Å²) in [6, 6.07) is 21.2. The molecule has 0 aliphatic carbocycles. The highest BCUT2D eigenvalue weighted by molar-refractivity contribution is 7.92. The van der Waals surface area contributed by atoms with Crippen LogP contribution in [0.2, 0.25) is 0 Å². The first-order valence-electron chi connectivity index (χ1n) is 39.8. The molecule has 8 aromatic heterocycles. The Bertz CT molecular complexity index is 4050. The molecule has 108 heavy (non-hydrogen) atoms. The number of unbranched alkanes of at least 4 members (excludes halogenated alkanes) is 20. The maximum atomic E-state index is 13.1. The van der Waals surface area contributed by atoms with E-state index >= 15 is 0 Å². The molecule has 2 aliphatic rings. The molecule has 0 spiro atoms. The normalized spacial score (nSPS) is 11.9. The van der Waals surface area contributed by atoms with Gasteiger partial charge in [-0.1, -0.05) is 210 Å². The standard InChI is InChI=1S/C18H38.2C16H18N4O.C15H18FN3O2S.C8H18.C7H8N4.C6H7N/c1-3-5-7-9-11-13-15-17-18-16-14-12-10-8-6-4-2;2*1-4-11-9-12-14(18-10-11)20(5-2)15-13(7-6-8-17-15)19(3)16(12)21;1-9(2)13-10(3)14(11-5-7-12(16)8-6-11)18-15(17-13)19-22(4,20)21;1-3-5-7-8-6-4-2;1-2-5-6-7(10-3-8-5)11-4-9-6;1-6-3-2-4-7-5-6/h3-18H2,1-2H3;2*6-10H,4-5H2,1-3H3;5-9H,1-4H3,(H,17,18,19);3-8H2,1-2H3;3-4H,2H2,1H3,(H,8,9,10,11);2-5H,1H3. The molecule has 22 heteroatoms. The van der Waals surface area contributed by atoms with Crippen molar-refractivity contribution >= 4 is 73.6 Å². The number of aromatic nitrogens is 11. The third-order valence-electron chi connectivity index (χ3n) is 18.6. The van der Waals surface area contributed by atoms with Crippen molar-refractivity contribution in [2.24, 2.45) is 0 Å². The number of nitrogens with zero attached hydrogens (tertiary/aromatic N) is 14. The minimum Gasteiger partial charge on any atom is -0.342 e. The molecule has 9 aromatic rings. The summed E-state index contributed by atoms with van der Waals surface area (Å²) in [7, 11) is 0.0911. The van der Waals surface area contributed by atoms with E-state index in [-0.39, 0.29) is 29.5 Å². The van der Waals surface area contributed by atoms with E-state index in [1.54, 1.807) is 67.3 Å². The average Bonchev–Trinajstić information content (AvgIpc) is 1.62. The summed E-state index contributed by atoms with van der Waals surface area (Å²) in [5.41, 5.74) is 11.8. The number of anilines is 7. The number of carbonyl (C=O) groups excluding carboxylic acids is 2. The third kappa shape index (κ3) is 28.8. The van der Waals surface area contributed by atoms with Crippen LogP contribution in [0.15, 0.2) is 123 Å². The summed E-state index contributed by atoms with van der Waals surface area (Å²) in [6.07, 6.45) is 49.5. The molecule has 0 saturated heterocycles. The fraction of sp³-hybridized carbons (Fsp3) is 0.512. The van der Waals surface area contributed by atoms with Crippen molar-refractivity contribution in [3.63, 3.8) is 0 Å². The quantitative estimate of drug-likeness (QED) is 0.0414. The summed E-state index contributed by atoms with van der Waals surface area (Å²) in [6.45, 7) is 28.6. The topological polar surface area (TPSA) is 238 Å². The van der Waals surface area contributed by atoms with Crippen LogP contribution in [0.1, 0.15) is 278 Å². The molecule has 0 radical (unpaired) electrons. The largest absolute Gasteiger partial charge is 0.342 e. The molecule has 11 rings (SSSR count). The van der Waals surface area contributed by atoms with Gasteiger partial charge in [-0.25, -0.2) is 57.7 Å². The maximum absolute atomic E-state index is 13.1. The first-order chi connectivity index (χ1) is 52.1. The van der Waals surface area contributed by atoms with E-state index < -0.39 is 10.0 Å². The van der Waals surface area contributed by atoms with E-state index in [0.717, 1.165) is 87.8 Å². The zero-order valence-electron chi connectivity index (χ0n) is 67.9. The highest BCUT2D eigenvalue weighted by Gasteiger charge is 2.32. The number of H-pyrrole nitrogens is 1. The molecule has 0 saturated carbocycles. The molecular weight excluding hydrogens is 1370 g/mol. The molecule has 0 bridgehead atoms. The van der Waals surface area contributed by atoms with Gasteiger partial charge in [-0.2, -0.15) is 0 Å². The lowest BCUT2D eigenvalue weighted by atomic mass is 10.00. The van der Waals surface area contributed by atoms with Gasteiger partial charge in [0.15, 0.2) is 17.3 Å². The summed E-state index contributed by atoms with van der Waals surface area (Å²) in [5, 5.41) is 0. The number of carbonyl (C=O) groups is 2. The average molecular weight is 1500 g/mol. The Morgan fingerprint density at radius 2 is 0.954 bits per heavy atom. The summed E-state index contributed by atoms with van der Waals surface area (Å²) >= 11 is 0. The van der Waals surface area contributed by atoms with E-state index in [1.165, 1.54) is 159 Å². The fourth-order valence-electron chi connectivity index (χ4n) is 12.4. The van der Waals surface area contributed by atoms with E-state index in [4.69, 9.17) is 0 Å². The highest BCUT2D eigenvalue weighted by Crippen LogP contribution is 2.39. The van der Waals surface area contributed by atoms with Crippen LogP contribution in [-0.2, 0) is 29.3 Å². The van der Waals surface area contributed by atoms with Gasteiger partial charge in [0, 0.05) is 69.9 Å². The molecule has 2 aliphatic heterocycles. The number of rotatable bonds is 29. The van der Waals surface area contributed by atoms with Gasteiger partial charge >= 0.3 is 0 Å². The van der Waals surface area contributed by atoms with Gasteiger partial charge in [-0.15, -0.1) is 0 Å². The number of nitrogens with one attached hydrogen (secondary N) is 2. The van der Waals surface area contributed by atoms with Crippen LogP contribution in [0.5, 0.6) is 0 Å². The molecule has 0 fully saturated rings. The predicted molar refractivity (Wildman–Crippen MR) is 446 cm³/mol. The molecule has 0 unspecified atom stereocenters. The molecule has 10 heterocycles. The lowest BCUT2D eigenvalue weighted by Gasteiger charge is -2.22. The molecule has 2 N–H and O–H groups in total. The highest BCUT2D eigenvalue weighted by atomic mass is 32.2. The Labute approximate surface area is 646 Å². The van der Waals surface area contributed by atoms with Crippen molar-refractivity contribution in [1.82, 2.24) is 54.8 Å². The number of halogens is 1. The SMILES string of the molecule is CCCCCCCC.CCCCCCCCCCCCCCCCCC.CCc1cnc2c(c1)C(=O)N(C)c1cccnc1N2CC.CCc1cnc2c(c1)C(=O)N(C)c1cccnc1N2CC.CCc1ncnc2nc[nH]c12.Cc1c(-c2ccc(F)cc2)nc(NS(C)(=O)=O)nc1C(C)C.Cc1cccnc1. The third-order valence-corrected chi connectivity index (χ3v) is 19.2. The summed E-state index contributed by atoms with van der Waals surface area (Å²) in [4.78, 5) is 78.3. The van der Waals surface area contributed by atoms with Crippen LogP contribution < -0.4 is 24.3 Å². The van der Waals surface area contributed by atoms with E-state index in [1.807, 2.05) is 118 Å². The number of amides is 2. The molecule has 20 nitrogen and oxygen atoms in total. The zero-order valence-corrected chi connectivity index (χ0v) is 68.7. The Kier molecular flexibility index (Phi) is 40.6. The first kappa shape index (κ1) is 89.4. The molecule has 0 atom stereocenters. The zero-order chi connectivity index (χ0) is 78.8. The number of imidazole rings is 1. The molecular formula is C86H125FN16O4S. The minimum absolute atomic E-state index is 0.0242. The van der Waals surface area contributed by atoms with Gasteiger partial charge in [0.05, 0.1) is 52.2 Å². The van der Waals surface area contributed by atoms with Gasteiger partial charge in [-0.3, -0.25) is 19.3 Å². The van der Waals surface area contributed by atoms with E-state index in [9.17, 15) is 22.4 Å². The number of fused-ring (bicyclic) bond motifs is 5. The number of benzene rings is 1. The monoisotopic (exact) mass is 1500 g/mol. The van der Waals surface area contributed by atoms with Gasteiger partial charge in [-0.05, 0) is 142 Å². The number of aromatic amines is 1. The summed E-state index contributed by atoms with van der Waals surface area (Å²) in [5.74, 6) is 2.61. The second-order valence-electron chi connectivity index (χ2n) is 27.7. The van der Waals surface area contributed by atoms with Gasteiger partial charge in [0.25, 0.3) is 11.8 Å². The van der Waals surface area contributed by atoms with Gasteiger partial charge in [0.2, 0.25) is 16.0 Å². The van der Waals surface area contributed by atoms with E-state index in [0.29, 0.717) is 47.1 Å².